The summed E-state index contributed by atoms with van der Waals surface area (Å²) in [5, 5.41) is 23.3. The summed E-state index contributed by atoms with van der Waals surface area (Å²) in [6.07, 6.45) is 113. The van der Waals surface area contributed by atoms with Crippen molar-refractivity contribution in [2.75, 3.05) is 13.2 Å². The van der Waals surface area contributed by atoms with E-state index in [1.165, 1.54) is 405 Å². The van der Waals surface area contributed by atoms with Gasteiger partial charge in [-0.25, -0.2) is 0 Å². The van der Waals surface area contributed by atoms with Gasteiger partial charge in [-0.05, 0) is 89.9 Å². The topological polar surface area (TPSA) is 95.9 Å². The lowest BCUT2D eigenvalue weighted by Crippen LogP contribution is -2.45. The molecular weight excluding hydrogens is 1160 g/mol. The highest BCUT2D eigenvalue weighted by Gasteiger charge is 2.18. The second-order valence-corrected chi connectivity index (χ2v) is 29.9. The third-order valence-corrected chi connectivity index (χ3v) is 20.3. The molecule has 0 spiro atoms. The molecule has 0 aromatic rings. The number of esters is 1. The molecule has 0 aromatic heterocycles. The Kier molecular flexibility index (Phi) is 82.3. The van der Waals surface area contributed by atoms with Gasteiger partial charge in [-0.3, -0.25) is 9.59 Å². The molecule has 3 N–H and O–H groups in total. The predicted octanol–water partition coefficient (Wildman–Crippen LogP) is 29.1. The SMILES string of the molecule is CCCCCCCC/C=C\CCCCCCCC(=O)OCCCCCCCCCCCCCCCCC/C=C\C/C=C\CCCCCCCCCCCCCCCCCCCC(=O)NC(CO)C(O)/C=C/CCCCCCCCCCCCCCCCCCCCCCCC. The molecule has 0 radical (unpaired) electrons. The molecule has 6 heteroatoms. The lowest BCUT2D eigenvalue weighted by Gasteiger charge is -2.20. The Labute approximate surface area is 595 Å². The summed E-state index contributed by atoms with van der Waals surface area (Å²) in [6.45, 7) is 4.95. The quantitative estimate of drug-likeness (QED) is 0.0320. The lowest BCUT2D eigenvalue weighted by atomic mass is 10.0. The second kappa shape index (κ2) is 84.2. The van der Waals surface area contributed by atoms with Crippen LogP contribution in [-0.4, -0.2) is 47.4 Å². The zero-order valence-electron chi connectivity index (χ0n) is 64.4. The monoisotopic (exact) mass is 1330 g/mol. The smallest absolute Gasteiger partial charge is 0.305 e. The van der Waals surface area contributed by atoms with Crippen LogP contribution in [0.1, 0.15) is 483 Å². The summed E-state index contributed by atoms with van der Waals surface area (Å²) in [5.74, 6) is -0.0469. The number of amides is 1. The fraction of sp³-hybridized carbons (Fsp3) is 0.888. The highest BCUT2D eigenvalue weighted by Crippen LogP contribution is 2.20. The largest absolute Gasteiger partial charge is 0.466 e. The fourth-order valence-corrected chi connectivity index (χ4v) is 13.7. The highest BCUT2D eigenvalue weighted by atomic mass is 16.5. The van der Waals surface area contributed by atoms with Gasteiger partial charge >= 0.3 is 5.97 Å². The number of rotatable bonds is 82. The van der Waals surface area contributed by atoms with Crippen molar-refractivity contribution in [3.63, 3.8) is 0 Å². The molecule has 6 nitrogen and oxygen atoms in total. The number of hydrogen-bond acceptors (Lipinski definition) is 5. The number of allylic oxidation sites excluding steroid dienone is 7. The Morgan fingerprint density at radius 1 is 0.295 bits per heavy atom. The maximum atomic E-state index is 12.6. The van der Waals surface area contributed by atoms with Gasteiger partial charge in [-0.1, -0.05) is 428 Å². The first-order valence-electron chi connectivity index (χ1n) is 43.4. The molecule has 0 saturated heterocycles. The van der Waals surface area contributed by atoms with Crippen molar-refractivity contribution in [2.24, 2.45) is 0 Å². The molecule has 0 aromatic carbocycles. The average Bonchev–Trinajstić information content (AvgIpc) is 2.95. The first kappa shape index (κ1) is 92.8. The summed E-state index contributed by atoms with van der Waals surface area (Å²) < 4.78 is 5.50. The number of carbonyl (C=O) groups excluding carboxylic acids is 2. The molecule has 0 saturated carbocycles. The van der Waals surface area contributed by atoms with Crippen LogP contribution in [-0.2, 0) is 14.3 Å². The van der Waals surface area contributed by atoms with Gasteiger partial charge in [0, 0.05) is 12.8 Å². The molecule has 2 atom stereocenters. The Hall–Kier alpha value is -2.18. The lowest BCUT2D eigenvalue weighted by molar-refractivity contribution is -0.143. The van der Waals surface area contributed by atoms with E-state index in [1.54, 1.807) is 6.08 Å². The molecule has 0 rings (SSSR count). The van der Waals surface area contributed by atoms with Crippen LogP contribution in [0.15, 0.2) is 48.6 Å². The zero-order valence-corrected chi connectivity index (χ0v) is 64.4. The van der Waals surface area contributed by atoms with Crippen molar-refractivity contribution in [3.8, 4) is 0 Å². The molecule has 0 bridgehead atoms. The number of hydrogen-bond donors (Lipinski definition) is 3. The number of carbonyl (C=O) groups is 2. The Morgan fingerprint density at radius 2 is 0.526 bits per heavy atom. The number of aliphatic hydroxyl groups excluding tert-OH is 2. The molecule has 0 aliphatic rings. The third-order valence-electron chi connectivity index (χ3n) is 20.3. The maximum absolute atomic E-state index is 12.6. The summed E-state index contributed by atoms with van der Waals surface area (Å²) in [6, 6.07) is -0.628. The Balaban J connectivity index is 3.38. The predicted molar refractivity (Wildman–Crippen MR) is 421 cm³/mol. The highest BCUT2D eigenvalue weighted by molar-refractivity contribution is 5.76. The van der Waals surface area contributed by atoms with E-state index in [2.05, 4.69) is 55.6 Å². The van der Waals surface area contributed by atoms with Crippen LogP contribution in [0.3, 0.4) is 0 Å². The van der Waals surface area contributed by atoms with Gasteiger partial charge in [0.15, 0.2) is 0 Å². The van der Waals surface area contributed by atoms with E-state index in [9.17, 15) is 19.8 Å². The fourth-order valence-electron chi connectivity index (χ4n) is 13.7. The molecular formula is C89H169NO5. The van der Waals surface area contributed by atoms with Crippen molar-refractivity contribution in [1.82, 2.24) is 5.32 Å². The van der Waals surface area contributed by atoms with Gasteiger partial charge in [0.1, 0.15) is 0 Å². The third kappa shape index (κ3) is 80.7. The van der Waals surface area contributed by atoms with Crippen LogP contribution in [0.2, 0.25) is 0 Å². The van der Waals surface area contributed by atoms with Gasteiger partial charge in [-0.15, -0.1) is 0 Å². The summed E-state index contributed by atoms with van der Waals surface area (Å²) in [4.78, 5) is 24.7. The zero-order chi connectivity index (χ0) is 68.4. The molecule has 1 amide bonds. The second-order valence-electron chi connectivity index (χ2n) is 29.9. The first-order chi connectivity index (χ1) is 47.0. The average molecular weight is 1330 g/mol. The summed E-state index contributed by atoms with van der Waals surface area (Å²) in [5.41, 5.74) is 0. The van der Waals surface area contributed by atoms with Crippen molar-refractivity contribution in [1.29, 1.82) is 0 Å². The van der Waals surface area contributed by atoms with E-state index in [4.69, 9.17) is 4.74 Å². The van der Waals surface area contributed by atoms with Crippen molar-refractivity contribution < 1.29 is 24.5 Å². The van der Waals surface area contributed by atoms with E-state index >= 15 is 0 Å². The molecule has 2 unspecified atom stereocenters. The van der Waals surface area contributed by atoms with Crippen LogP contribution in [0.4, 0.5) is 0 Å². The molecule has 0 fully saturated rings. The minimum absolute atomic E-state index is 0.0129. The van der Waals surface area contributed by atoms with Gasteiger partial charge in [0.25, 0.3) is 0 Å². The molecule has 0 aliphatic heterocycles. The maximum Gasteiger partial charge on any atom is 0.305 e. The first-order valence-corrected chi connectivity index (χ1v) is 43.4. The Bertz CT molecular complexity index is 1590. The van der Waals surface area contributed by atoms with E-state index in [1.807, 2.05) is 6.08 Å². The molecule has 560 valence electrons. The standard InChI is InChI=1S/C89H169NO5/c1-3-5-7-9-11-13-15-17-19-20-21-22-23-41-44-47-50-54-57-61-65-69-73-77-81-87(92)86(85-91)90-88(93)82-78-74-70-66-62-58-55-51-48-45-42-39-37-35-33-31-29-27-25-24-26-28-30-32-34-36-38-40-43-46-49-52-56-60-64-68-72-76-80-84-95-89(94)83-79-75-71-67-63-59-53-18-16-14-12-10-8-6-4-2/h18,24-25,28,30,53,77,81,86-87,91-92H,3-17,19-23,26-27,29,31-52,54-76,78-80,82-85H2,1-2H3,(H,90,93)/b25-24-,30-28-,53-18-,81-77+. The van der Waals surface area contributed by atoms with E-state index < -0.39 is 12.1 Å². The summed E-state index contributed by atoms with van der Waals surface area (Å²) >= 11 is 0. The van der Waals surface area contributed by atoms with Gasteiger partial charge in [0.2, 0.25) is 5.91 Å². The van der Waals surface area contributed by atoms with Crippen LogP contribution >= 0.6 is 0 Å². The molecule has 0 heterocycles. The van der Waals surface area contributed by atoms with Gasteiger partial charge < -0.3 is 20.3 Å². The number of unbranched alkanes of at least 4 members (excludes halogenated alkanes) is 65. The van der Waals surface area contributed by atoms with Crippen LogP contribution in [0, 0.1) is 0 Å². The van der Waals surface area contributed by atoms with Crippen LogP contribution in [0.25, 0.3) is 0 Å². The normalized spacial score (nSPS) is 12.7. The van der Waals surface area contributed by atoms with Crippen molar-refractivity contribution >= 4 is 11.9 Å². The van der Waals surface area contributed by atoms with Crippen molar-refractivity contribution in [3.05, 3.63) is 48.6 Å². The van der Waals surface area contributed by atoms with Gasteiger partial charge in [-0.2, -0.15) is 0 Å². The van der Waals surface area contributed by atoms with E-state index in [0.717, 1.165) is 51.4 Å². The van der Waals surface area contributed by atoms with Crippen LogP contribution in [0.5, 0.6) is 0 Å². The number of ether oxygens (including phenoxy) is 1. The molecule has 95 heavy (non-hydrogen) atoms. The Morgan fingerprint density at radius 3 is 0.811 bits per heavy atom. The number of nitrogens with one attached hydrogen (secondary N) is 1. The minimum atomic E-state index is -0.845. The van der Waals surface area contributed by atoms with E-state index in [-0.39, 0.29) is 18.5 Å². The van der Waals surface area contributed by atoms with Gasteiger partial charge in [0.05, 0.1) is 25.4 Å². The van der Waals surface area contributed by atoms with E-state index in [0.29, 0.717) is 19.4 Å². The number of aliphatic hydroxyl groups is 2. The summed E-state index contributed by atoms with van der Waals surface area (Å²) in [7, 11) is 0. The van der Waals surface area contributed by atoms with Crippen LogP contribution < -0.4 is 5.32 Å². The minimum Gasteiger partial charge on any atom is -0.466 e. The molecule has 0 aliphatic carbocycles. The van der Waals surface area contributed by atoms with Crippen molar-refractivity contribution in [2.45, 2.75) is 495 Å².